The van der Waals surface area contributed by atoms with Crippen LogP contribution in [0.2, 0.25) is 0 Å². The molecule has 0 fully saturated rings. The fourth-order valence-corrected chi connectivity index (χ4v) is 5.67. The molecule has 0 unspecified atom stereocenters. The van der Waals surface area contributed by atoms with E-state index in [-0.39, 0.29) is 0 Å². The topological polar surface area (TPSA) is 51.6 Å². The van der Waals surface area contributed by atoms with Crippen LogP contribution in [-0.4, -0.2) is 19.9 Å². The molecule has 0 aliphatic carbocycles. The molecule has 4 nitrogen and oxygen atoms in total. The van der Waals surface area contributed by atoms with Crippen LogP contribution in [0.25, 0.3) is 78.2 Å². The van der Waals surface area contributed by atoms with Gasteiger partial charge in [-0.15, -0.1) is 0 Å². The Kier molecular flexibility index (Phi) is 6.43. The normalized spacial score (nSPS) is 11.2. The van der Waals surface area contributed by atoms with Gasteiger partial charge in [0.05, 0.1) is 44.8 Å². The van der Waals surface area contributed by atoms with Gasteiger partial charge in [-0.05, 0) is 41.5 Å². The number of aromatic nitrogens is 4. The van der Waals surface area contributed by atoms with Gasteiger partial charge in [0.2, 0.25) is 0 Å². The number of benzene rings is 6. The zero-order valence-electron chi connectivity index (χ0n) is 23.8. The number of rotatable bonds is 5. The average molecular weight is 563 g/mol. The summed E-state index contributed by atoms with van der Waals surface area (Å²) in [7, 11) is 0. The minimum absolute atomic E-state index is 0.849. The molecule has 8 rings (SSSR count). The van der Waals surface area contributed by atoms with Crippen LogP contribution in [-0.2, 0) is 0 Å². The molecule has 0 atom stereocenters. The Morgan fingerprint density at radius 3 is 1.11 bits per heavy atom. The van der Waals surface area contributed by atoms with E-state index in [0.29, 0.717) is 0 Å². The molecule has 0 N–H and O–H groups in total. The Labute approximate surface area is 255 Å². The van der Waals surface area contributed by atoms with E-state index < -0.39 is 0 Å². The van der Waals surface area contributed by atoms with Gasteiger partial charge < -0.3 is 0 Å². The highest BCUT2D eigenvalue weighted by Gasteiger charge is 2.16. The second-order valence-corrected chi connectivity index (χ2v) is 10.7. The van der Waals surface area contributed by atoms with Crippen molar-refractivity contribution in [2.75, 3.05) is 0 Å². The lowest BCUT2D eigenvalue weighted by Crippen LogP contribution is -1.96. The summed E-state index contributed by atoms with van der Waals surface area (Å²) in [5, 5.41) is 0. The molecule has 0 amide bonds. The first-order valence-electron chi connectivity index (χ1n) is 14.7. The van der Waals surface area contributed by atoms with Gasteiger partial charge in [0.25, 0.3) is 0 Å². The smallest absolute Gasteiger partial charge is 0.0973 e. The summed E-state index contributed by atoms with van der Waals surface area (Å²) in [5.74, 6) is 0. The Morgan fingerprint density at radius 2 is 0.591 bits per heavy atom. The van der Waals surface area contributed by atoms with E-state index in [1.807, 2.05) is 78.9 Å². The van der Waals surface area contributed by atoms with Crippen molar-refractivity contribution in [1.82, 2.24) is 19.9 Å². The van der Waals surface area contributed by atoms with Crippen LogP contribution < -0.4 is 0 Å². The van der Waals surface area contributed by atoms with Crippen LogP contribution in [0.4, 0.5) is 0 Å². The lowest BCUT2D eigenvalue weighted by atomic mass is 9.98. The maximum absolute atomic E-state index is 5.19. The van der Waals surface area contributed by atoms with Crippen molar-refractivity contribution in [3.8, 4) is 56.2 Å². The molecule has 4 heteroatoms. The Morgan fingerprint density at radius 1 is 0.227 bits per heavy atom. The first-order chi connectivity index (χ1) is 21.8. The zero-order valence-corrected chi connectivity index (χ0v) is 23.8. The summed E-state index contributed by atoms with van der Waals surface area (Å²) in [6.45, 7) is 0. The number of hydrogen-bond donors (Lipinski definition) is 0. The highest BCUT2D eigenvalue weighted by molar-refractivity contribution is 5.90. The van der Waals surface area contributed by atoms with Gasteiger partial charge in [0.15, 0.2) is 0 Å². The van der Waals surface area contributed by atoms with Gasteiger partial charge in [-0.1, -0.05) is 127 Å². The maximum Gasteiger partial charge on any atom is 0.0973 e. The van der Waals surface area contributed by atoms with Gasteiger partial charge in [-0.3, -0.25) is 0 Å². The molecular weight excluding hydrogens is 536 g/mol. The van der Waals surface area contributed by atoms with E-state index in [1.54, 1.807) is 0 Å². The zero-order chi connectivity index (χ0) is 29.3. The van der Waals surface area contributed by atoms with Crippen molar-refractivity contribution in [3.63, 3.8) is 0 Å². The average Bonchev–Trinajstić information content (AvgIpc) is 3.11. The molecule has 0 aliphatic rings. The number of nitrogens with zero attached hydrogens (tertiary/aromatic N) is 4. The van der Waals surface area contributed by atoms with Crippen molar-refractivity contribution in [3.05, 3.63) is 158 Å². The van der Waals surface area contributed by atoms with Crippen LogP contribution in [0.1, 0.15) is 0 Å². The lowest BCUT2D eigenvalue weighted by molar-refractivity contribution is 1.29. The van der Waals surface area contributed by atoms with Crippen LogP contribution >= 0.6 is 0 Å². The molecule has 0 radical (unpaired) electrons. The molecule has 2 aromatic heterocycles. The summed E-state index contributed by atoms with van der Waals surface area (Å²) >= 11 is 0. The van der Waals surface area contributed by atoms with Crippen molar-refractivity contribution >= 4 is 22.1 Å². The number of fused-ring (bicyclic) bond motifs is 2. The van der Waals surface area contributed by atoms with Crippen LogP contribution in [0.5, 0.6) is 0 Å². The first-order valence-corrected chi connectivity index (χ1v) is 14.7. The highest BCUT2D eigenvalue weighted by atomic mass is 14.8. The fraction of sp³-hybridized carbons (Fsp3) is 0. The minimum atomic E-state index is 0.849. The predicted molar refractivity (Wildman–Crippen MR) is 180 cm³/mol. The van der Waals surface area contributed by atoms with Gasteiger partial charge in [0.1, 0.15) is 0 Å². The second-order valence-electron chi connectivity index (χ2n) is 10.7. The maximum atomic E-state index is 5.19. The highest BCUT2D eigenvalue weighted by Crippen LogP contribution is 2.35. The molecule has 2 heterocycles. The molecule has 0 bridgehead atoms. The summed E-state index contributed by atoms with van der Waals surface area (Å²) in [6.07, 6.45) is 0. The summed E-state index contributed by atoms with van der Waals surface area (Å²) in [6, 6.07) is 53.7. The van der Waals surface area contributed by atoms with E-state index in [4.69, 9.17) is 19.9 Å². The number of para-hydroxylation sites is 2. The third kappa shape index (κ3) is 4.79. The molecular formula is C40H26N4. The Hall–Kier alpha value is -6.00. The van der Waals surface area contributed by atoms with Crippen LogP contribution in [0.3, 0.4) is 0 Å². The van der Waals surface area contributed by atoms with E-state index in [9.17, 15) is 0 Å². The Bertz CT molecular complexity index is 2260. The van der Waals surface area contributed by atoms with E-state index in [2.05, 4.69) is 78.9 Å². The molecule has 44 heavy (non-hydrogen) atoms. The van der Waals surface area contributed by atoms with E-state index in [0.717, 1.165) is 78.2 Å². The molecule has 0 aliphatic heterocycles. The molecule has 6 aromatic carbocycles. The summed E-state index contributed by atoms with van der Waals surface area (Å²) in [4.78, 5) is 20.5. The first kappa shape index (κ1) is 25.7. The molecule has 0 saturated carbocycles. The second kappa shape index (κ2) is 11.0. The fourth-order valence-electron chi connectivity index (χ4n) is 5.67. The van der Waals surface area contributed by atoms with E-state index >= 15 is 0 Å². The van der Waals surface area contributed by atoms with Gasteiger partial charge in [-0.25, -0.2) is 19.9 Å². The molecule has 8 aromatic rings. The quantitative estimate of drug-likeness (QED) is 0.209. The molecule has 0 spiro atoms. The SMILES string of the molecule is c1ccc(-c2nc3ccccc3nc2-c2cccc(-c3ccc4nc(-c5ccccc5)c(-c5ccccc5)nc4c3)c2)cc1. The monoisotopic (exact) mass is 562 g/mol. The largest absolute Gasteiger partial charge is 0.244 e. The lowest BCUT2D eigenvalue weighted by Gasteiger charge is -2.13. The van der Waals surface area contributed by atoms with Gasteiger partial charge in [-0.2, -0.15) is 0 Å². The summed E-state index contributed by atoms with van der Waals surface area (Å²) < 4.78 is 0. The predicted octanol–water partition coefficient (Wildman–Crippen LogP) is 9.91. The van der Waals surface area contributed by atoms with Crippen molar-refractivity contribution in [2.45, 2.75) is 0 Å². The summed E-state index contributed by atoms with van der Waals surface area (Å²) in [5.41, 5.74) is 13.2. The standard InChI is InChI=1S/C40H26N4/c1-4-13-27(14-5-1)37-38(28-15-6-2-7-16-28)44-36-26-31(23-24-35(36)43-37)30-19-12-20-32(25-30)40-39(29-17-8-3-9-18-29)41-33-21-10-11-22-34(33)42-40/h1-26H. The third-order valence-electron chi connectivity index (χ3n) is 7.85. The van der Waals surface area contributed by atoms with E-state index in [1.165, 1.54) is 0 Å². The van der Waals surface area contributed by atoms with Gasteiger partial charge >= 0.3 is 0 Å². The molecule has 0 saturated heterocycles. The number of hydrogen-bond acceptors (Lipinski definition) is 4. The van der Waals surface area contributed by atoms with Crippen molar-refractivity contribution < 1.29 is 0 Å². The van der Waals surface area contributed by atoms with Crippen LogP contribution in [0, 0.1) is 0 Å². The Balaban J connectivity index is 1.27. The minimum Gasteiger partial charge on any atom is -0.244 e. The van der Waals surface area contributed by atoms with Crippen molar-refractivity contribution in [1.29, 1.82) is 0 Å². The molecule has 206 valence electrons. The third-order valence-corrected chi connectivity index (χ3v) is 7.85. The van der Waals surface area contributed by atoms with Crippen molar-refractivity contribution in [2.24, 2.45) is 0 Å². The van der Waals surface area contributed by atoms with Crippen LogP contribution in [0.15, 0.2) is 158 Å². The van der Waals surface area contributed by atoms with Gasteiger partial charge in [0, 0.05) is 22.3 Å².